The van der Waals surface area contributed by atoms with E-state index < -0.39 is 17.9 Å². The van der Waals surface area contributed by atoms with Gasteiger partial charge in [0.2, 0.25) is 5.56 Å². The van der Waals surface area contributed by atoms with E-state index in [1.165, 1.54) is 30.5 Å². The average Bonchev–Trinajstić information content (AvgIpc) is 2.79. The third-order valence-electron chi connectivity index (χ3n) is 4.42. The number of oxime groups is 1. The number of hydrogen-bond acceptors (Lipinski definition) is 6. The van der Waals surface area contributed by atoms with Gasteiger partial charge >= 0.3 is 6.36 Å². The lowest BCUT2D eigenvalue weighted by atomic mass is 10.0. The molecule has 0 bridgehead atoms. The van der Waals surface area contributed by atoms with Gasteiger partial charge in [-0.05, 0) is 48.0 Å². The zero-order chi connectivity index (χ0) is 23.8. The number of H-pyrrole nitrogens is 1. The Morgan fingerprint density at radius 1 is 0.939 bits per heavy atom. The second-order valence-corrected chi connectivity index (χ2v) is 6.77. The molecule has 2 aromatic carbocycles. The van der Waals surface area contributed by atoms with Gasteiger partial charge in [-0.15, -0.1) is 13.2 Å². The molecule has 0 aliphatic heterocycles. The number of nitrogens with zero attached hydrogens (tertiary/aromatic N) is 1. The second-order valence-electron chi connectivity index (χ2n) is 6.77. The number of aromatic nitrogens is 1. The lowest BCUT2D eigenvalue weighted by molar-refractivity contribution is -0.274. The number of Topliss-reactive ketones (excluding diaryl/α,β-unsaturated/α-hetero) is 1. The number of ketones is 1. The Kier molecular flexibility index (Phi) is 7.50. The molecule has 10 heteroatoms. The van der Waals surface area contributed by atoms with E-state index >= 15 is 0 Å². The van der Waals surface area contributed by atoms with Gasteiger partial charge in [-0.3, -0.25) is 9.59 Å². The van der Waals surface area contributed by atoms with Crippen molar-refractivity contribution < 1.29 is 32.3 Å². The second kappa shape index (κ2) is 10.5. The van der Waals surface area contributed by atoms with Gasteiger partial charge in [0, 0.05) is 23.4 Å². The van der Waals surface area contributed by atoms with Crippen molar-refractivity contribution >= 4 is 11.5 Å². The van der Waals surface area contributed by atoms with E-state index in [9.17, 15) is 22.8 Å². The molecule has 1 aromatic heterocycles. The van der Waals surface area contributed by atoms with Crippen molar-refractivity contribution in [2.75, 3.05) is 7.11 Å². The van der Waals surface area contributed by atoms with Crippen molar-refractivity contribution in [2.24, 2.45) is 5.16 Å². The molecule has 0 spiro atoms. The number of methoxy groups -OCH3 is 1. The summed E-state index contributed by atoms with van der Waals surface area (Å²) in [4.78, 5) is 32.0. The lowest BCUT2D eigenvalue weighted by Gasteiger charge is -2.10. The number of carbonyl (C=O) groups is 1. The fourth-order valence-corrected chi connectivity index (χ4v) is 2.78. The smallest absolute Gasteiger partial charge is 0.497 e. The van der Waals surface area contributed by atoms with E-state index in [2.05, 4.69) is 14.9 Å². The van der Waals surface area contributed by atoms with E-state index in [1.54, 1.807) is 31.4 Å². The monoisotopic (exact) mass is 460 g/mol. The predicted octanol–water partition coefficient (Wildman–Crippen LogP) is 4.48. The average molecular weight is 460 g/mol. The highest BCUT2D eigenvalue weighted by molar-refractivity contribution is 6.15. The van der Waals surface area contributed by atoms with E-state index in [0.29, 0.717) is 11.3 Å². The normalized spacial score (nSPS) is 11.7. The molecule has 0 saturated heterocycles. The number of aromatic amines is 1. The highest BCUT2D eigenvalue weighted by atomic mass is 19.4. The van der Waals surface area contributed by atoms with Crippen LogP contribution < -0.4 is 15.0 Å². The summed E-state index contributed by atoms with van der Waals surface area (Å²) >= 11 is 0. The van der Waals surface area contributed by atoms with Crippen molar-refractivity contribution in [1.29, 1.82) is 0 Å². The number of halogens is 3. The summed E-state index contributed by atoms with van der Waals surface area (Å²) in [5, 5.41) is 4.06. The number of rotatable bonds is 9. The maximum atomic E-state index is 12.7. The van der Waals surface area contributed by atoms with Gasteiger partial charge in [-0.1, -0.05) is 17.3 Å². The van der Waals surface area contributed by atoms with Crippen molar-refractivity contribution in [3.63, 3.8) is 0 Å². The Hall–Kier alpha value is -4.08. The zero-order valence-electron chi connectivity index (χ0n) is 17.4. The summed E-state index contributed by atoms with van der Waals surface area (Å²) in [5.74, 6) is -0.156. The van der Waals surface area contributed by atoms with Crippen LogP contribution in [0.1, 0.15) is 27.9 Å². The molecule has 3 rings (SSSR count). The molecule has 0 radical (unpaired) electrons. The fourth-order valence-electron chi connectivity index (χ4n) is 2.78. The molecular weight excluding hydrogens is 441 g/mol. The van der Waals surface area contributed by atoms with Crippen LogP contribution in [-0.2, 0) is 11.4 Å². The molecule has 0 aliphatic rings. The first-order chi connectivity index (χ1) is 15.7. The number of carbonyl (C=O) groups excluding carboxylic acids is 1. The minimum atomic E-state index is -4.82. The molecule has 0 aliphatic carbocycles. The largest absolute Gasteiger partial charge is 0.573 e. The van der Waals surface area contributed by atoms with Gasteiger partial charge in [0.15, 0.2) is 5.78 Å². The number of benzene rings is 2. The van der Waals surface area contributed by atoms with Crippen LogP contribution in [0.5, 0.6) is 11.5 Å². The number of alkyl halides is 3. The standard InChI is InChI=1S/C23H19F3N2O5/c1-31-18-7-2-15(3-8-18)14-32-28-20(17-6-11-22(30)27-13-17)12-21(29)16-4-9-19(10-5-16)33-23(24,25)26/h2-11,13H,12,14H2,1H3,(H,27,30)/b28-20-. The van der Waals surface area contributed by atoms with Crippen molar-refractivity contribution in [3.8, 4) is 11.5 Å². The molecule has 1 heterocycles. The number of nitrogens with one attached hydrogen (secondary N) is 1. The van der Waals surface area contributed by atoms with Crippen LogP contribution in [0.2, 0.25) is 0 Å². The maximum absolute atomic E-state index is 12.7. The van der Waals surface area contributed by atoms with Crippen LogP contribution in [-0.4, -0.2) is 30.0 Å². The molecule has 172 valence electrons. The summed E-state index contributed by atoms with van der Waals surface area (Å²) < 4.78 is 45.9. The SMILES string of the molecule is COc1ccc(CO/N=C(/CC(=O)c2ccc(OC(F)(F)F)cc2)c2ccc(=O)[nH]c2)cc1. The van der Waals surface area contributed by atoms with Crippen molar-refractivity contribution in [1.82, 2.24) is 4.98 Å². The minimum absolute atomic E-state index is 0.120. The summed E-state index contributed by atoms with van der Waals surface area (Å²) in [6.45, 7) is 0.120. The van der Waals surface area contributed by atoms with Gasteiger partial charge in [-0.2, -0.15) is 0 Å². The lowest BCUT2D eigenvalue weighted by Crippen LogP contribution is -2.17. The highest BCUT2D eigenvalue weighted by Gasteiger charge is 2.31. The third kappa shape index (κ3) is 7.23. The quantitative estimate of drug-likeness (QED) is 0.289. The first-order valence-corrected chi connectivity index (χ1v) is 9.63. The van der Waals surface area contributed by atoms with Crippen molar-refractivity contribution in [2.45, 2.75) is 19.4 Å². The molecule has 7 nitrogen and oxygen atoms in total. The van der Waals surface area contributed by atoms with Crippen LogP contribution >= 0.6 is 0 Å². The fraction of sp³-hybridized carbons (Fsp3) is 0.174. The van der Waals surface area contributed by atoms with Gasteiger partial charge < -0.3 is 19.3 Å². The van der Waals surface area contributed by atoms with Gasteiger partial charge in [0.05, 0.1) is 19.2 Å². The zero-order valence-corrected chi connectivity index (χ0v) is 17.4. The molecule has 0 unspecified atom stereocenters. The van der Waals surface area contributed by atoms with Crippen LogP contribution in [0, 0.1) is 0 Å². The Bertz CT molecular complexity index is 1150. The van der Waals surface area contributed by atoms with Crippen LogP contribution in [0.15, 0.2) is 76.8 Å². The predicted molar refractivity (Wildman–Crippen MR) is 113 cm³/mol. The summed E-state index contributed by atoms with van der Waals surface area (Å²) in [7, 11) is 1.56. The van der Waals surface area contributed by atoms with E-state index in [0.717, 1.165) is 17.7 Å². The Balaban J connectivity index is 1.74. The molecule has 3 aromatic rings. The topological polar surface area (TPSA) is 90.0 Å². The molecule has 1 N–H and O–H groups in total. The molecule has 0 fully saturated rings. The van der Waals surface area contributed by atoms with Crippen LogP contribution in [0.25, 0.3) is 0 Å². The Morgan fingerprint density at radius 2 is 1.58 bits per heavy atom. The van der Waals surface area contributed by atoms with Crippen LogP contribution in [0.4, 0.5) is 13.2 Å². The molecule has 0 atom stereocenters. The number of hydrogen-bond donors (Lipinski definition) is 1. The third-order valence-corrected chi connectivity index (χ3v) is 4.42. The van der Waals surface area contributed by atoms with Gasteiger partial charge in [0.1, 0.15) is 18.1 Å². The van der Waals surface area contributed by atoms with Gasteiger partial charge in [-0.25, -0.2) is 0 Å². The number of ether oxygens (including phenoxy) is 2. The summed E-state index contributed by atoms with van der Waals surface area (Å²) in [6.07, 6.45) is -3.64. The van der Waals surface area contributed by atoms with Crippen molar-refractivity contribution in [3.05, 3.63) is 93.9 Å². The van der Waals surface area contributed by atoms with Gasteiger partial charge in [0.25, 0.3) is 0 Å². The molecular formula is C23H19F3N2O5. The number of pyridine rings is 1. The molecule has 33 heavy (non-hydrogen) atoms. The van der Waals surface area contributed by atoms with E-state index in [1.807, 2.05) is 0 Å². The first-order valence-electron chi connectivity index (χ1n) is 9.63. The van der Waals surface area contributed by atoms with E-state index in [4.69, 9.17) is 9.57 Å². The van der Waals surface area contributed by atoms with E-state index in [-0.39, 0.29) is 29.9 Å². The first kappa shape index (κ1) is 23.6. The maximum Gasteiger partial charge on any atom is 0.573 e. The summed E-state index contributed by atoms with van der Waals surface area (Å²) in [5.41, 5.74) is 1.34. The molecule has 0 amide bonds. The highest BCUT2D eigenvalue weighted by Crippen LogP contribution is 2.23. The Morgan fingerprint density at radius 3 is 2.15 bits per heavy atom. The molecule has 0 saturated carbocycles. The Labute approximate surface area is 186 Å². The summed E-state index contributed by atoms with van der Waals surface area (Å²) in [6, 6.07) is 14.5. The van der Waals surface area contributed by atoms with Crippen LogP contribution in [0.3, 0.4) is 0 Å². The minimum Gasteiger partial charge on any atom is -0.497 e.